The van der Waals surface area contributed by atoms with Gasteiger partial charge in [-0.05, 0) is 24.9 Å². The Hall–Kier alpha value is -2.45. The van der Waals surface area contributed by atoms with Gasteiger partial charge in [-0.3, -0.25) is 4.79 Å². The van der Waals surface area contributed by atoms with Gasteiger partial charge in [0.05, 0.1) is 13.2 Å². The minimum absolute atomic E-state index is 0.00371. The van der Waals surface area contributed by atoms with E-state index in [0.29, 0.717) is 32.0 Å². The van der Waals surface area contributed by atoms with Crippen LogP contribution in [0.5, 0.6) is 0 Å². The van der Waals surface area contributed by atoms with E-state index in [9.17, 15) is 4.79 Å². The molecule has 0 unspecified atom stereocenters. The Morgan fingerprint density at radius 3 is 2.06 bits per heavy atom. The molecule has 0 fully saturated rings. The first-order valence-corrected chi connectivity index (χ1v) is 11.6. The highest BCUT2D eigenvalue weighted by atomic mass is 16.5. The van der Waals surface area contributed by atoms with E-state index in [1.165, 1.54) is 6.42 Å². The van der Waals surface area contributed by atoms with Crippen molar-refractivity contribution in [2.75, 3.05) is 26.8 Å². The summed E-state index contributed by atoms with van der Waals surface area (Å²) in [5, 5.41) is 13.7. The van der Waals surface area contributed by atoms with Crippen LogP contribution in [0.3, 0.4) is 0 Å². The second-order valence-corrected chi connectivity index (χ2v) is 9.94. The quantitative estimate of drug-likeness (QED) is 0.215. The van der Waals surface area contributed by atoms with Crippen molar-refractivity contribution in [1.82, 2.24) is 10.6 Å². The second-order valence-electron chi connectivity index (χ2n) is 9.94. The summed E-state index contributed by atoms with van der Waals surface area (Å²) in [7, 11) is 1.93. The first-order valence-electron chi connectivity index (χ1n) is 11.6. The van der Waals surface area contributed by atoms with Crippen LogP contribution < -0.4 is 22.1 Å². The second kappa shape index (κ2) is 15.4. The summed E-state index contributed by atoms with van der Waals surface area (Å²) in [5.74, 6) is 0.623. The van der Waals surface area contributed by atoms with Crippen LogP contribution in [0.2, 0.25) is 0 Å². The van der Waals surface area contributed by atoms with Crippen molar-refractivity contribution in [2.24, 2.45) is 32.5 Å². The lowest BCUT2D eigenvalue weighted by Gasteiger charge is -2.28. The molecular weight excluding hydrogens is 416 g/mol. The van der Waals surface area contributed by atoms with Gasteiger partial charge >= 0.3 is 0 Å². The molecule has 0 aliphatic rings. The monoisotopic (exact) mass is 462 g/mol. The molecule has 0 radical (unpaired) electrons. The van der Waals surface area contributed by atoms with E-state index in [1.807, 2.05) is 45.2 Å². The molecule has 33 heavy (non-hydrogen) atoms. The SMILES string of the molecule is CCC.CNCC(C)(C)COCC(C)(C)CC(=O)NCc1ccc(/C(N)=N/N=C(/C)N)cc1. The minimum Gasteiger partial charge on any atom is -0.386 e. The third kappa shape index (κ3) is 15.1. The maximum Gasteiger partial charge on any atom is 0.220 e. The lowest BCUT2D eigenvalue weighted by atomic mass is 9.89. The highest BCUT2D eigenvalue weighted by molar-refractivity contribution is 5.97. The zero-order valence-electron chi connectivity index (χ0n) is 21.9. The van der Waals surface area contributed by atoms with E-state index < -0.39 is 0 Å². The summed E-state index contributed by atoms with van der Waals surface area (Å²) in [5.41, 5.74) is 12.9. The number of hydrogen-bond donors (Lipinski definition) is 4. The average Bonchev–Trinajstić information content (AvgIpc) is 2.70. The molecule has 1 aromatic carbocycles. The van der Waals surface area contributed by atoms with Crippen LogP contribution in [0.1, 0.15) is 72.4 Å². The van der Waals surface area contributed by atoms with Crippen LogP contribution in [-0.4, -0.2) is 44.4 Å². The van der Waals surface area contributed by atoms with Gasteiger partial charge in [0.1, 0.15) is 5.84 Å². The van der Waals surface area contributed by atoms with Crippen molar-refractivity contribution < 1.29 is 9.53 Å². The molecule has 0 aliphatic carbocycles. The summed E-state index contributed by atoms with van der Waals surface area (Å²) in [6.45, 7) is 16.8. The van der Waals surface area contributed by atoms with Crippen molar-refractivity contribution in [2.45, 2.75) is 67.9 Å². The molecule has 8 heteroatoms. The van der Waals surface area contributed by atoms with E-state index in [2.05, 4.69) is 48.5 Å². The Kier molecular flexibility index (Phi) is 14.3. The summed E-state index contributed by atoms with van der Waals surface area (Å²) < 4.78 is 5.89. The highest BCUT2D eigenvalue weighted by Gasteiger charge is 2.24. The van der Waals surface area contributed by atoms with Gasteiger partial charge < -0.3 is 26.8 Å². The topological polar surface area (TPSA) is 127 Å². The number of amides is 1. The summed E-state index contributed by atoms with van der Waals surface area (Å²) in [6, 6.07) is 7.48. The standard InChI is InChI=1S/C22H38N6O2.C3H8/c1-16(23)27-28-20(24)18-9-7-17(8-10-18)12-26-19(29)11-21(2,3)14-30-15-22(4,5)13-25-6;1-3-2/h7-10,25H,11-15H2,1-6H3,(H2,23,27)(H2,24,28)(H,26,29);3H2,1-2H3. The molecule has 0 saturated carbocycles. The van der Waals surface area contributed by atoms with E-state index in [-0.39, 0.29) is 22.6 Å². The Morgan fingerprint density at radius 1 is 1.00 bits per heavy atom. The summed E-state index contributed by atoms with van der Waals surface area (Å²) in [6.07, 6.45) is 1.65. The lowest BCUT2D eigenvalue weighted by molar-refractivity contribution is -0.124. The predicted octanol–water partition coefficient (Wildman–Crippen LogP) is 3.40. The number of carbonyl (C=O) groups excluding carboxylic acids is 1. The van der Waals surface area contributed by atoms with Crippen molar-refractivity contribution in [3.8, 4) is 0 Å². The smallest absolute Gasteiger partial charge is 0.220 e. The van der Waals surface area contributed by atoms with Crippen LogP contribution in [0.25, 0.3) is 0 Å². The molecule has 188 valence electrons. The fourth-order valence-electron chi connectivity index (χ4n) is 2.87. The van der Waals surface area contributed by atoms with Crippen LogP contribution in [0.15, 0.2) is 34.5 Å². The number of amidine groups is 2. The Labute approximate surface area is 200 Å². The fraction of sp³-hybridized carbons (Fsp3) is 0.640. The van der Waals surface area contributed by atoms with Gasteiger partial charge in [0.25, 0.3) is 0 Å². The molecule has 0 aliphatic heterocycles. The van der Waals surface area contributed by atoms with Gasteiger partial charge in [0, 0.05) is 30.5 Å². The predicted molar refractivity (Wildman–Crippen MR) is 139 cm³/mol. The molecule has 0 spiro atoms. The van der Waals surface area contributed by atoms with Gasteiger partial charge in [-0.2, -0.15) is 0 Å². The van der Waals surface area contributed by atoms with Crippen LogP contribution in [0, 0.1) is 10.8 Å². The lowest BCUT2D eigenvalue weighted by Crippen LogP contribution is -2.34. The largest absolute Gasteiger partial charge is 0.386 e. The number of nitrogens with one attached hydrogen (secondary N) is 2. The first-order chi connectivity index (χ1) is 15.4. The van der Waals surface area contributed by atoms with Crippen LogP contribution in [-0.2, 0) is 16.1 Å². The van der Waals surface area contributed by atoms with E-state index in [1.54, 1.807) is 6.92 Å². The molecular formula is C25H46N6O2. The Bertz CT molecular complexity index is 751. The van der Waals surface area contributed by atoms with Gasteiger partial charge in [0.2, 0.25) is 5.91 Å². The van der Waals surface area contributed by atoms with Gasteiger partial charge in [-0.15, -0.1) is 10.2 Å². The number of nitrogens with two attached hydrogens (primary N) is 2. The maximum absolute atomic E-state index is 12.4. The third-order valence-electron chi connectivity index (χ3n) is 4.33. The highest BCUT2D eigenvalue weighted by Crippen LogP contribution is 2.23. The molecule has 0 bridgehead atoms. The van der Waals surface area contributed by atoms with Crippen LogP contribution >= 0.6 is 0 Å². The molecule has 1 aromatic rings. The summed E-state index contributed by atoms with van der Waals surface area (Å²) in [4.78, 5) is 12.4. The Balaban J connectivity index is 0.00000322. The van der Waals surface area contributed by atoms with Crippen LogP contribution in [0.4, 0.5) is 0 Å². The van der Waals surface area contributed by atoms with E-state index >= 15 is 0 Å². The normalized spacial score (nSPS) is 12.7. The van der Waals surface area contributed by atoms with Crippen molar-refractivity contribution in [3.05, 3.63) is 35.4 Å². The first kappa shape index (κ1) is 30.6. The number of nitrogens with zero attached hydrogens (tertiary/aromatic N) is 2. The molecule has 0 aromatic heterocycles. The Morgan fingerprint density at radius 2 is 1.55 bits per heavy atom. The molecule has 8 nitrogen and oxygen atoms in total. The molecule has 0 saturated heterocycles. The average molecular weight is 463 g/mol. The number of rotatable bonds is 12. The molecule has 6 N–H and O–H groups in total. The number of hydrogen-bond acceptors (Lipinski definition) is 5. The molecule has 1 rings (SSSR count). The van der Waals surface area contributed by atoms with Crippen molar-refractivity contribution in [1.29, 1.82) is 0 Å². The zero-order chi connectivity index (χ0) is 25.5. The van der Waals surface area contributed by atoms with Gasteiger partial charge in [-0.25, -0.2) is 0 Å². The van der Waals surface area contributed by atoms with E-state index in [4.69, 9.17) is 16.2 Å². The molecule has 1 amide bonds. The minimum atomic E-state index is -0.240. The zero-order valence-corrected chi connectivity index (χ0v) is 21.9. The van der Waals surface area contributed by atoms with Gasteiger partial charge in [0.15, 0.2) is 5.84 Å². The van der Waals surface area contributed by atoms with Crippen molar-refractivity contribution >= 4 is 17.6 Å². The van der Waals surface area contributed by atoms with Crippen molar-refractivity contribution in [3.63, 3.8) is 0 Å². The molecule has 0 atom stereocenters. The number of benzene rings is 1. The number of ether oxygens (including phenoxy) is 1. The molecule has 0 heterocycles. The maximum atomic E-state index is 12.4. The third-order valence-corrected chi connectivity index (χ3v) is 4.33. The van der Waals surface area contributed by atoms with E-state index in [0.717, 1.165) is 17.7 Å². The summed E-state index contributed by atoms with van der Waals surface area (Å²) >= 11 is 0. The fourth-order valence-corrected chi connectivity index (χ4v) is 2.87. The number of carbonyl (C=O) groups is 1. The van der Waals surface area contributed by atoms with Gasteiger partial charge in [-0.1, -0.05) is 72.2 Å².